The minimum absolute atomic E-state index is 0.360. The SMILES string of the molecule is CCCOc1ccc(C(=O)OO[C]2CC(C)CCC2C(C)C)cc1. The molecule has 1 aliphatic rings. The van der Waals surface area contributed by atoms with Gasteiger partial charge in [0.15, 0.2) is 6.10 Å². The zero-order chi connectivity index (χ0) is 17.5. The van der Waals surface area contributed by atoms with Crippen molar-refractivity contribution in [3.8, 4) is 5.75 Å². The molecule has 4 heteroatoms. The fourth-order valence-electron chi connectivity index (χ4n) is 3.07. The first kappa shape index (κ1) is 18.8. The van der Waals surface area contributed by atoms with E-state index in [1.54, 1.807) is 24.3 Å². The van der Waals surface area contributed by atoms with Gasteiger partial charge in [0, 0.05) is 0 Å². The predicted octanol–water partition coefficient (Wildman–Crippen LogP) is 5.19. The molecule has 1 aromatic carbocycles. The first-order chi connectivity index (χ1) is 11.5. The number of hydrogen-bond donors (Lipinski definition) is 0. The normalized spacial score (nSPS) is 21.7. The summed E-state index contributed by atoms with van der Waals surface area (Å²) in [5, 5.41) is 0. The van der Waals surface area contributed by atoms with Gasteiger partial charge in [-0.25, -0.2) is 4.79 Å². The van der Waals surface area contributed by atoms with E-state index in [-0.39, 0.29) is 0 Å². The molecule has 0 aliphatic heterocycles. The summed E-state index contributed by atoms with van der Waals surface area (Å²) < 4.78 is 5.51. The molecule has 0 spiro atoms. The third kappa shape index (κ3) is 5.23. The Hall–Kier alpha value is -1.55. The van der Waals surface area contributed by atoms with Gasteiger partial charge < -0.3 is 4.74 Å². The zero-order valence-electron chi connectivity index (χ0n) is 15.2. The largest absolute Gasteiger partial charge is 0.494 e. The van der Waals surface area contributed by atoms with Crippen molar-refractivity contribution in [2.45, 2.75) is 53.4 Å². The Bertz CT molecular complexity index is 509. The molecule has 0 saturated heterocycles. The van der Waals surface area contributed by atoms with Gasteiger partial charge in [-0.05, 0) is 61.3 Å². The summed E-state index contributed by atoms with van der Waals surface area (Å²) in [5.41, 5.74) is 0.462. The van der Waals surface area contributed by atoms with E-state index in [4.69, 9.17) is 14.5 Å². The van der Waals surface area contributed by atoms with Gasteiger partial charge in [-0.2, -0.15) is 4.89 Å². The van der Waals surface area contributed by atoms with E-state index >= 15 is 0 Å². The molecule has 2 atom stereocenters. The fraction of sp³-hybridized carbons (Fsp3) is 0.600. The molecule has 0 bridgehead atoms. The summed E-state index contributed by atoms with van der Waals surface area (Å²) in [6.45, 7) is 9.29. The Balaban J connectivity index is 1.89. The maximum absolute atomic E-state index is 12.2. The Kier molecular flexibility index (Phi) is 7.10. The van der Waals surface area contributed by atoms with Crippen molar-refractivity contribution in [1.29, 1.82) is 0 Å². The third-order valence-corrected chi connectivity index (χ3v) is 4.53. The second-order valence-electron chi connectivity index (χ2n) is 7.03. The molecule has 1 fully saturated rings. The van der Waals surface area contributed by atoms with Crippen molar-refractivity contribution in [3.63, 3.8) is 0 Å². The lowest BCUT2D eigenvalue weighted by Gasteiger charge is -2.34. The van der Waals surface area contributed by atoms with E-state index in [9.17, 15) is 4.79 Å². The van der Waals surface area contributed by atoms with Gasteiger partial charge in [-0.3, -0.25) is 4.89 Å². The molecule has 0 aromatic heterocycles. The van der Waals surface area contributed by atoms with Gasteiger partial charge in [0.05, 0.1) is 12.2 Å². The Morgan fingerprint density at radius 2 is 1.92 bits per heavy atom. The van der Waals surface area contributed by atoms with E-state index in [2.05, 4.69) is 27.7 Å². The maximum Gasteiger partial charge on any atom is 0.373 e. The highest BCUT2D eigenvalue weighted by Gasteiger charge is 2.34. The molecule has 1 aromatic rings. The van der Waals surface area contributed by atoms with E-state index in [0.717, 1.165) is 31.1 Å². The van der Waals surface area contributed by atoms with Crippen LogP contribution in [0.4, 0.5) is 0 Å². The number of ether oxygens (including phenoxy) is 1. The number of carbonyl (C=O) groups is 1. The Morgan fingerprint density at radius 3 is 2.54 bits per heavy atom. The molecule has 2 rings (SSSR count). The van der Waals surface area contributed by atoms with Crippen LogP contribution in [0.25, 0.3) is 0 Å². The lowest BCUT2D eigenvalue weighted by molar-refractivity contribution is -0.251. The van der Waals surface area contributed by atoms with Crippen LogP contribution in [0.1, 0.15) is 63.7 Å². The molecule has 1 radical (unpaired) electrons. The van der Waals surface area contributed by atoms with Crippen molar-refractivity contribution in [2.24, 2.45) is 17.8 Å². The molecule has 0 amide bonds. The van der Waals surface area contributed by atoms with Gasteiger partial charge in [0.1, 0.15) is 5.75 Å². The standard InChI is InChI=1S/C20H29O4/c1-5-12-22-17-9-7-16(8-10-17)20(21)24-23-19-13-15(4)6-11-18(19)14(2)3/h7-10,14-15,18H,5-6,11-13H2,1-4H3. The van der Waals surface area contributed by atoms with Crippen LogP contribution in [0.2, 0.25) is 0 Å². The Labute approximate surface area is 145 Å². The lowest BCUT2D eigenvalue weighted by atomic mass is 9.75. The van der Waals surface area contributed by atoms with Crippen molar-refractivity contribution >= 4 is 5.97 Å². The first-order valence-electron chi connectivity index (χ1n) is 8.98. The second-order valence-corrected chi connectivity index (χ2v) is 7.03. The molecule has 1 saturated carbocycles. The molecule has 0 heterocycles. The van der Waals surface area contributed by atoms with Gasteiger partial charge in [-0.1, -0.05) is 34.1 Å². The van der Waals surface area contributed by atoms with Crippen LogP contribution in [-0.2, 0) is 9.78 Å². The number of hydrogen-bond acceptors (Lipinski definition) is 4. The van der Waals surface area contributed by atoms with E-state index < -0.39 is 5.97 Å². The van der Waals surface area contributed by atoms with E-state index in [1.807, 2.05) is 0 Å². The highest BCUT2D eigenvalue weighted by molar-refractivity contribution is 5.89. The predicted molar refractivity (Wildman–Crippen MR) is 93.3 cm³/mol. The van der Waals surface area contributed by atoms with Gasteiger partial charge in [0.2, 0.25) is 0 Å². The minimum atomic E-state index is -0.467. The monoisotopic (exact) mass is 333 g/mol. The maximum atomic E-state index is 12.2. The van der Waals surface area contributed by atoms with Crippen LogP contribution >= 0.6 is 0 Å². The first-order valence-corrected chi connectivity index (χ1v) is 8.98. The van der Waals surface area contributed by atoms with E-state index in [1.165, 1.54) is 6.42 Å². The van der Waals surface area contributed by atoms with E-state index in [0.29, 0.717) is 29.9 Å². The van der Waals surface area contributed by atoms with Crippen LogP contribution in [0.15, 0.2) is 24.3 Å². The quantitative estimate of drug-likeness (QED) is 0.509. The van der Waals surface area contributed by atoms with Crippen molar-refractivity contribution in [2.75, 3.05) is 6.61 Å². The number of rotatable bonds is 7. The molecule has 1 aliphatic carbocycles. The summed E-state index contributed by atoms with van der Waals surface area (Å²) >= 11 is 0. The highest BCUT2D eigenvalue weighted by atomic mass is 17.2. The number of carbonyl (C=O) groups excluding carboxylic acids is 1. The zero-order valence-corrected chi connectivity index (χ0v) is 15.2. The lowest BCUT2D eigenvalue weighted by Crippen LogP contribution is -2.28. The summed E-state index contributed by atoms with van der Waals surface area (Å²) in [6.07, 6.45) is 5.00. The molecule has 4 nitrogen and oxygen atoms in total. The topological polar surface area (TPSA) is 44.8 Å². The molecule has 2 unspecified atom stereocenters. The number of benzene rings is 1. The van der Waals surface area contributed by atoms with Crippen LogP contribution in [0, 0.1) is 23.9 Å². The van der Waals surface area contributed by atoms with Crippen LogP contribution in [0.3, 0.4) is 0 Å². The second kappa shape index (κ2) is 9.07. The molecular formula is C20H29O4. The van der Waals surface area contributed by atoms with Crippen molar-refractivity contribution in [1.82, 2.24) is 0 Å². The smallest absolute Gasteiger partial charge is 0.373 e. The van der Waals surface area contributed by atoms with Gasteiger partial charge >= 0.3 is 5.97 Å². The van der Waals surface area contributed by atoms with Crippen molar-refractivity contribution in [3.05, 3.63) is 35.9 Å². The highest BCUT2D eigenvalue weighted by Crippen LogP contribution is 2.40. The minimum Gasteiger partial charge on any atom is -0.494 e. The van der Waals surface area contributed by atoms with Gasteiger partial charge in [-0.15, -0.1) is 0 Å². The summed E-state index contributed by atoms with van der Waals surface area (Å²) in [5.74, 6) is 1.71. The Morgan fingerprint density at radius 1 is 1.21 bits per heavy atom. The molecular weight excluding hydrogens is 304 g/mol. The summed E-state index contributed by atoms with van der Waals surface area (Å²) in [4.78, 5) is 22.7. The van der Waals surface area contributed by atoms with Crippen LogP contribution < -0.4 is 4.74 Å². The third-order valence-electron chi connectivity index (χ3n) is 4.53. The average Bonchev–Trinajstić information content (AvgIpc) is 2.58. The summed E-state index contributed by atoms with van der Waals surface area (Å²) in [7, 11) is 0. The molecule has 133 valence electrons. The van der Waals surface area contributed by atoms with Crippen LogP contribution in [0.5, 0.6) is 5.75 Å². The average molecular weight is 333 g/mol. The van der Waals surface area contributed by atoms with Crippen LogP contribution in [-0.4, -0.2) is 12.6 Å². The fourth-order valence-corrected chi connectivity index (χ4v) is 3.07. The molecule has 0 N–H and O–H groups in total. The molecule has 24 heavy (non-hydrogen) atoms. The van der Waals surface area contributed by atoms with Gasteiger partial charge in [0.25, 0.3) is 0 Å². The summed E-state index contributed by atoms with van der Waals surface area (Å²) in [6, 6.07) is 6.95. The van der Waals surface area contributed by atoms with Crippen molar-refractivity contribution < 1.29 is 19.3 Å².